The van der Waals surface area contributed by atoms with Crippen molar-refractivity contribution in [1.82, 2.24) is 4.90 Å². The fourth-order valence-corrected chi connectivity index (χ4v) is 3.19. The van der Waals surface area contributed by atoms with Crippen molar-refractivity contribution in [2.45, 2.75) is 12.8 Å². The highest BCUT2D eigenvalue weighted by molar-refractivity contribution is 6.33. The van der Waals surface area contributed by atoms with Crippen LogP contribution in [0.2, 0.25) is 5.02 Å². The summed E-state index contributed by atoms with van der Waals surface area (Å²) in [4.78, 5) is 26.7. The summed E-state index contributed by atoms with van der Waals surface area (Å²) < 4.78 is 13.7. The highest BCUT2D eigenvalue weighted by Gasteiger charge is 2.29. The first-order valence-electron chi connectivity index (χ1n) is 8.15. The smallest absolute Gasteiger partial charge is 0.255 e. The van der Waals surface area contributed by atoms with Crippen LogP contribution in [0.5, 0.6) is 0 Å². The highest BCUT2D eigenvalue weighted by Crippen LogP contribution is 2.23. The zero-order chi connectivity index (χ0) is 17.8. The van der Waals surface area contributed by atoms with E-state index >= 15 is 0 Å². The molecule has 2 aromatic rings. The Labute approximate surface area is 150 Å². The maximum absolute atomic E-state index is 13.7. The number of likely N-dealkylation sites (tertiary alicyclic amines) is 1. The minimum Gasteiger partial charge on any atom is -0.338 e. The van der Waals surface area contributed by atoms with E-state index in [-0.39, 0.29) is 23.4 Å². The number of piperidine rings is 1. The van der Waals surface area contributed by atoms with Crippen molar-refractivity contribution in [2.75, 3.05) is 18.4 Å². The number of hydrogen-bond donors (Lipinski definition) is 1. The fourth-order valence-electron chi connectivity index (χ4n) is 2.98. The average molecular weight is 361 g/mol. The minimum atomic E-state index is -0.476. The second kappa shape index (κ2) is 7.66. The molecule has 3 rings (SSSR count). The molecular formula is C19H18ClFN2O2. The maximum atomic E-state index is 13.7. The molecule has 0 spiro atoms. The van der Waals surface area contributed by atoms with E-state index in [9.17, 15) is 14.0 Å². The molecular weight excluding hydrogens is 343 g/mol. The van der Waals surface area contributed by atoms with Crippen LogP contribution < -0.4 is 5.32 Å². The van der Waals surface area contributed by atoms with Crippen LogP contribution >= 0.6 is 11.6 Å². The molecule has 4 nitrogen and oxygen atoms in total. The van der Waals surface area contributed by atoms with Gasteiger partial charge < -0.3 is 10.2 Å². The van der Waals surface area contributed by atoms with Gasteiger partial charge in [0.15, 0.2) is 0 Å². The van der Waals surface area contributed by atoms with Crippen molar-refractivity contribution in [3.05, 3.63) is 64.9 Å². The van der Waals surface area contributed by atoms with Crippen LogP contribution in [0, 0.1) is 11.7 Å². The molecule has 2 amide bonds. The summed E-state index contributed by atoms with van der Waals surface area (Å²) in [6.45, 7) is 0.873. The molecule has 1 heterocycles. The third-order valence-electron chi connectivity index (χ3n) is 4.32. The van der Waals surface area contributed by atoms with Gasteiger partial charge in [0.25, 0.3) is 5.91 Å². The maximum Gasteiger partial charge on any atom is 0.255 e. The largest absolute Gasteiger partial charge is 0.338 e. The quantitative estimate of drug-likeness (QED) is 0.900. The first-order valence-corrected chi connectivity index (χ1v) is 8.53. The predicted octanol–water partition coefficient (Wildman–Crippen LogP) is 3.97. The molecule has 1 saturated heterocycles. The van der Waals surface area contributed by atoms with E-state index in [1.165, 1.54) is 12.1 Å². The standard InChI is InChI=1S/C19H18ClFN2O2/c20-15-8-2-1-7-14(15)19(25)23-11-5-6-13(12-23)18(24)22-17-10-4-3-9-16(17)21/h1-4,7-10,13H,5-6,11-12H2,(H,22,24)/t13-/m0/s1. The second-order valence-corrected chi connectivity index (χ2v) is 6.45. The summed E-state index contributed by atoms with van der Waals surface area (Å²) >= 11 is 6.09. The Hall–Kier alpha value is -2.40. The van der Waals surface area contributed by atoms with Gasteiger partial charge >= 0.3 is 0 Å². The fraction of sp³-hybridized carbons (Fsp3) is 0.263. The molecule has 6 heteroatoms. The van der Waals surface area contributed by atoms with Crippen molar-refractivity contribution in [3.63, 3.8) is 0 Å². The summed E-state index contributed by atoms with van der Waals surface area (Å²) in [5.74, 6) is -1.31. The molecule has 0 aliphatic carbocycles. The van der Waals surface area contributed by atoms with Crippen molar-refractivity contribution in [3.8, 4) is 0 Å². The number of halogens is 2. The number of carbonyl (C=O) groups is 2. The van der Waals surface area contributed by atoms with Gasteiger partial charge in [0.1, 0.15) is 5.82 Å². The molecule has 0 saturated carbocycles. The number of nitrogens with zero attached hydrogens (tertiary/aromatic N) is 1. The van der Waals surface area contributed by atoms with Gasteiger partial charge in [0, 0.05) is 13.1 Å². The van der Waals surface area contributed by atoms with Gasteiger partial charge in [-0.05, 0) is 37.1 Å². The van der Waals surface area contributed by atoms with Gasteiger partial charge in [-0.3, -0.25) is 9.59 Å². The summed E-state index contributed by atoms with van der Waals surface area (Å²) in [7, 11) is 0. The molecule has 2 aromatic carbocycles. The lowest BCUT2D eigenvalue weighted by molar-refractivity contribution is -0.121. The van der Waals surface area contributed by atoms with Crippen LogP contribution in [0.25, 0.3) is 0 Å². The molecule has 0 radical (unpaired) electrons. The van der Waals surface area contributed by atoms with Crippen LogP contribution in [0.3, 0.4) is 0 Å². The number of rotatable bonds is 3. The number of amides is 2. The number of carbonyl (C=O) groups excluding carboxylic acids is 2. The molecule has 130 valence electrons. The van der Waals surface area contributed by atoms with Crippen LogP contribution in [-0.2, 0) is 4.79 Å². The predicted molar refractivity (Wildman–Crippen MR) is 95.1 cm³/mol. The third kappa shape index (κ3) is 3.99. The van der Waals surface area contributed by atoms with Crippen molar-refractivity contribution in [1.29, 1.82) is 0 Å². The summed E-state index contributed by atoms with van der Waals surface area (Å²) in [6, 6.07) is 12.9. The monoisotopic (exact) mass is 360 g/mol. The summed E-state index contributed by atoms with van der Waals surface area (Å²) in [6.07, 6.45) is 1.37. The van der Waals surface area contributed by atoms with E-state index in [0.29, 0.717) is 36.5 Å². The molecule has 25 heavy (non-hydrogen) atoms. The number of anilines is 1. The van der Waals surface area contributed by atoms with E-state index in [2.05, 4.69) is 5.32 Å². The normalized spacial score (nSPS) is 17.2. The average Bonchev–Trinajstić information content (AvgIpc) is 2.63. The zero-order valence-corrected chi connectivity index (χ0v) is 14.3. The molecule has 1 aliphatic rings. The summed E-state index contributed by atoms with van der Waals surface area (Å²) in [5.41, 5.74) is 0.585. The van der Waals surface area contributed by atoms with Crippen molar-refractivity contribution >= 4 is 29.1 Å². The molecule has 1 fully saturated rings. The highest BCUT2D eigenvalue weighted by atomic mass is 35.5. The third-order valence-corrected chi connectivity index (χ3v) is 4.64. The Morgan fingerprint density at radius 2 is 1.84 bits per heavy atom. The lowest BCUT2D eigenvalue weighted by atomic mass is 9.96. The molecule has 1 aliphatic heterocycles. The summed E-state index contributed by atoms with van der Waals surface area (Å²) in [5, 5.41) is 3.01. The van der Waals surface area contributed by atoms with E-state index in [1.807, 2.05) is 0 Å². The first-order chi connectivity index (χ1) is 12.1. The van der Waals surface area contributed by atoms with E-state index in [0.717, 1.165) is 0 Å². The molecule has 1 N–H and O–H groups in total. The number of para-hydroxylation sites is 1. The first kappa shape index (κ1) is 17.4. The zero-order valence-electron chi connectivity index (χ0n) is 13.5. The molecule has 1 atom stereocenters. The van der Waals surface area contributed by atoms with Gasteiger partial charge in [-0.2, -0.15) is 0 Å². The SMILES string of the molecule is O=C(Nc1ccccc1F)[C@H]1CCCN(C(=O)c2ccccc2Cl)C1. The van der Waals surface area contributed by atoms with Crippen LogP contribution in [-0.4, -0.2) is 29.8 Å². The van der Waals surface area contributed by atoms with Crippen LogP contribution in [0.15, 0.2) is 48.5 Å². The van der Waals surface area contributed by atoms with Gasteiger partial charge in [-0.25, -0.2) is 4.39 Å². The Balaban J connectivity index is 1.69. The molecule has 0 aromatic heterocycles. The molecule has 0 unspecified atom stereocenters. The van der Waals surface area contributed by atoms with Gasteiger partial charge in [-0.15, -0.1) is 0 Å². The van der Waals surface area contributed by atoms with E-state index < -0.39 is 5.82 Å². The Morgan fingerprint density at radius 1 is 1.12 bits per heavy atom. The van der Waals surface area contributed by atoms with E-state index in [4.69, 9.17) is 11.6 Å². The van der Waals surface area contributed by atoms with Crippen LogP contribution in [0.4, 0.5) is 10.1 Å². The van der Waals surface area contributed by atoms with Gasteiger partial charge in [-0.1, -0.05) is 35.9 Å². The van der Waals surface area contributed by atoms with Crippen LogP contribution in [0.1, 0.15) is 23.2 Å². The van der Waals surface area contributed by atoms with Crippen molar-refractivity contribution in [2.24, 2.45) is 5.92 Å². The Kier molecular flexibility index (Phi) is 5.34. The lowest BCUT2D eigenvalue weighted by Gasteiger charge is -2.32. The Morgan fingerprint density at radius 3 is 2.60 bits per heavy atom. The second-order valence-electron chi connectivity index (χ2n) is 6.04. The lowest BCUT2D eigenvalue weighted by Crippen LogP contribution is -2.43. The minimum absolute atomic E-state index is 0.155. The van der Waals surface area contributed by atoms with Crippen molar-refractivity contribution < 1.29 is 14.0 Å². The van der Waals surface area contributed by atoms with E-state index in [1.54, 1.807) is 41.3 Å². The number of benzene rings is 2. The van der Waals surface area contributed by atoms with Gasteiger partial charge in [0.2, 0.25) is 5.91 Å². The number of nitrogens with one attached hydrogen (secondary N) is 1. The topological polar surface area (TPSA) is 49.4 Å². The Bertz CT molecular complexity index is 796. The molecule has 0 bridgehead atoms. The van der Waals surface area contributed by atoms with Gasteiger partial charge in [0.05, 0.1) is 22.2 Å². The number of hydrogen-bond acceptors (Lipinski definition) is 2.